The van der Waals surface area contributed by atoms with Crippen LogP contribution >= 0.6 is 0 Å². The molecule has 0 spiro atoms. The normalized spacial score (nSPS) is 16.2. The summed E-state index contributed by atoms with van der Waals surface area (Å²) in [4.78, 5) is 2.43. The van der Waals surface area contributed by atoms with Crippen molar-refractivity contribution in [2.75, 3.05) is 26.7 Å². The van der Waals surface area contributed by atoms with E-state index in [1.807, 2.05) is 51.1 Å². The number of aliphatic hydroxyl groups is 1. The van der Waals surface area contributed by atoms with Gasteiger partial charge in [0.2, 0.25) is 0 Å². The largest absolute Gasteiger partial charge is 0.496 e. The van der Waals surface area contributed by atoms with Crippen LogP contribution in [-0.4, -0.2) is 36.8 Å². The van der Waals surface area contributed by atoms with E-state index in [1.165, 1.54) is 12.1 Å². The van der Waals surface area contributed by atoms with Crippen molar-refractivity contribution in [3.05, 3.63) is 65.0 Å². The Morgan fingerprint density at radius 3 is 2.36 bits per heavy atom. The van der Waals surface area contributed by atoms with E-state index in [4.69, 9.17) is 4.74 Å². The molecule has 1 atom stereocenters. The third kappa shape index (κ3) is 5.79. The second kappa shape index (κ2) is 11.2. The van der Waals surface area contributed by atoms with Gasteiger partial charge in [0.05, 0.1) is 13.2 Å². The molecule has 1 heterocycles. The van der Waals surface area contributed by atoms with Crippen LogP contribution in [0.4, 0.5) is 4.39 Å². The van der Waals surface area contributed by atoms with E-state index in [0.29, 0.717) is 0 Å². The lowest BCUT2D eigenvalue weighted by molar-refractivity contribution is 0.0575. The topological polar surface area (TPSA) is 32.7 Å². The molecule has 3 rings (SSSR count). The van der Waals surface area contributed by atoms with Crippen LogP contribution in [0.3, 0.4) is 0 Å². The second-order valence-electron chi connectivity index (χ2n) is 7.20. The molecule has 3 nitrogen and oxygen atoms in total. The lowest BCUT2D eigenvalue weighted by Crippen LogP contribution is -2.36. The minimum absolute atomic E-state index is 0.185. The van der Waals surface area contributed by atoms with E-state index < -0.39 is 6.10 Å². The maximum Gasteiger partial charge on any atom is 0.127 e. The average molecular weight is 388 g/mol. The predicted molar refractivity (Wildman–Crippen MR) is 113 cm³/mol. The van der Waals surface area contributed by atoms with Crippen LogP contribution in [0.15, 0.2) is 42.5 Å². The van der Waals surface area contributed by atoms with Crippen molar-refractivity contribution >= 4 is 0 Å². The number of halogens is 1. The van der Waals surface area contributed by atoms with Gasteiger partial charge in [0, 0.05) is 12.1 Å². The summed E-state index contributed by atoms with van der Waals surface area (Å²) in [6.07, 6.45) is 2.40. The second-order valence-corrected chi connectivity index (χ2v) is 7.20. The maximum absolute atomic E-state index is 13.0. The zero-order chi connectivity index (χ0) is 20.5. The van der Waals surface area contributed by atoms with Gasteiger partial charge in [-0.15, -0.1) is 0 Å². The number of aliphatic hydroxyl groups excluding tert-OH is 1. The summed E-state index contributed by atoms with van der Waals surface area (Å²) in [5, 5.41) is 10.9. The van der Waals surface area contributed by atoms with E-state index in [9.17, 15) is 9.50 Å². The number of hydrogen-bond donors (Lipinski definition) is 1. The van der Waals surface area contributed by atoms with Crippen LogP contribution in [0.1, 0.15) is 49.5 Å². The van der Waals surface area contributed by atoms with Gasteiger partial charge in [0.25, 0.3) is 0 Å². The van der Waals surface area contributed by atoms with Gasteiger partial charge in [-0.3, -0.25) is 0 Å². The Morgan fingerprint density at radius 2 is 1.75 bits per heavy atom. The molecular weight excluding hydrogens is 353 g/mol. The molecule has 1 N–H and O–H groups in total. The Balaban J connectivity index is 0.00000136. The van der Waals surface area contributed by atoms with Crippen LogP contribution in [-0.2, 0) is 6.42 Å². The van der Waals surface area contributed by atoms with E-state index in [0.717, 1.165) is 61.3 Å². The molecule has 154 valence electrons. The summed E-state index contributed by atoms with van der Waals surface area (Å²) in [6.45, 7) is 8.95. The van der Waals surface area contributed by atoms with Crippen molar-refractivity contribution in [2.24, 2.45) is 5.92 Å². The predicted octanol–water partition coefficient (Wildman–Crippen LogP) is 5.16. The Bertz CT molecular complexity index is 709. The number of benzene rings is 2. The molecule has 4 heteroatoms. The Morgan fingerprint density at radius 1 is 1.11 bits per heavy atom. The molecule has 1 unspecified atom stereocenters. The summed E-state index contributed by atoms with van der Waals surface area (Å²) in [6, 6.07) is 12.7. The van der Waals surface area contributed by atoms with Crippen LogP contribution in [0.2, 0.25) is 0 Å². The lowest BCUT2D eigenvalue weighted by Gasteiger charge is -2.34. The number of piperidine rings is 1. The van der Waals surface area contributed by atoms with Gasteiger partial charge in [-0.2, -0.15) is 0 Å². The molecule has 1 fully saturated rings. The minimum atomic E-state index is -0.482. The van der Waals surface area contributed by atoms with Crippen molar-refractivity contribution in [1.82, 2.24) is 4.90 Å². The van der Waals surface area contributed by atoms with Crippen molar-refractivity contribution in [2.45, 2.75) is 46.1 Å². The standard InChI is InChI=1S/C22H28FNO2.C2H6/c1-16-4-3-5-20(22(16)26-2)21(25)18-11-14-24(15-12-18)13-10-17-6-8-19(23)9-7-17;1-2/h3-9,18,21,25H,10-15H2,1-2H3;1-2H3. The van der Waals surface area contributed by atoms with Gasteiger partial charge < -0.3 is 14.7 Å². The van der Waals surface area contributed by atoms with Gasteiger partial charge in [0.15, 0.2) is 0 Å². The average Bonchev–Trinajstić information content (AvgIpc) is 2.74. The smallest absolute Gasteiger partial charge is 0.127 e. The number of hydrogen-bond acceptors (Lipinski definition) is 3. The summed E-state index contributed by atoms with van der Waals surface area (Å²) >= 11 is 0. The first kappa shape index (κ1) is 22.4. The van der Waals surface area contributed by atoms with Crippen LogP contribution in [0.25, 0.3) is 0 Å². The van der Waals surface area contributed by atoms with Gasteiger partial charge in [-0.05, 0) is 68.5 Å². The molecular formula is C24H34FNO2. The molecule has 0 aromatic heterocycles. The third-order valence-corrected chi connectivity index (χ3v) is 5.47. The van der Waals surface area contributed by atoms with Gasteiger partial charge >= 0.3 is 0 Å². The number of aryl methyl sites for hydroxylation is 1. The van der Waals surface area contributed by atoms with Crippen LogP contribution in [0.5, 0.6) is 5.75 Å². The van der Waals surface area contributed by atoms with E-state index in [2.05, 4.69) is 4.90 Å². The molecule has 1 aliphatic rings. The van der Waals surface area contributed by atoms with E-state index in [-0.39, 0.29) is 11.7 Å². The minimum Gasteiger partial charge on any atom is -0.496 e. The quantitative estimate of drug-likeness (QED) is 0.743. The fourth-order valence-corrected chi connectivity index (χ4v) is 3.87. The summed E-state index contributed by atoms with van der Waals surface area (Å²) in [5.41, 5.74) is 3.12. The number of methoxy groups -OCH3 is 1. The summed E-state index contributed by atoms with van der Waals surface area (Å²) in [7, 11) is 1.66. The molecule has 2 aromatic carbocycles. The Labute approximate surface area is 169 Å². The zero-order valence-corrected chi connectivity index (χ0v) is 17.6. The molecule has 2 aromatic rings. The number of para-hydroxylation sites is 1. The molecule has 1 saturated heterocycles. The highest BCUT2D eigenvalue weighted by Crippen LogP contribution is 2.36. The van der Waals surface area contributed by atoms with E-state index >= 15 is 0 Å². The fraction of sp³-hybridized carbons (Fsp3) is 0.500. The SMILES string of the molecule is CC.COc1c(C)cccc1C(O)C1CCN(CCc2ccc(F)cc2)CC1. The first-order valence-electron chi connectivity index (χ1n) is 10.4. The highest BCUT2D eigenvalue weighted by atomic mass is 19.1. The van der Waals surface area contributed by atoms with Gasteiger partial charge in [-0.1, -0.05) is 44.2 Å². The molecule has 28 heavy (non-hydrogen) atoms. The first-order valence-corrected chi connectivity index (χ1v) is 10.4. The lowest BCUT2D eigenvalue weighted by atomic mass is 9.86. The molecule has 0 saturated carbocycles. The maximum atomic E-state index is 13.0. The summed E-state index contributed by atoms with van der Waals surface area (Å²) in [5.74, 6) is 0.877. The number of rotatable bonds is 6. The monoisotopic (exact) mass is 387 g/mol. The van der Waals surface area contributed by atoms with Crippen molar-refractivity contribution < 1.29 is 14.2 Å². The number of nitrogens with zero attached hydrogens (tertiary/aromatic N) is 1. The number of ether oxygens (including phenoxy) is 1. The molecule has 0 amide bonds. The van der Waals surface area contributed by atoms with E-state index in [1.54, 1.807) is 7.11 Å². The molecule has 0 aliphatic carbocycles. The van der Waals surface area contributed by atoms with Gasteiger partial charge in [0.1, 0.15) is 11.6 Å². The third-order valence-electron chi connectivity index (χ3n) is 5.47. The Kier molecular flexibility index (Phi) is 8.94. The van der Waals surface area contributed by atoms with Crippen molar-refractivity contribution in [1.29, 1.82) is 0 Å². The molecule has 0 radical (unpaired) electrons. The highest BCUT2D eigenvalue weighted by molar-refractivity contribution is 5.42. The summed E-state index contributed by atoms with van der Waals surface area (Å²) < 4.78 is 18.5. The zero-order valence-electron chi connectivity index (χ0n) is 17.6. The van der Waals surface area contributed by atoms with Crippen LogP contribution < -0.4 is 4.74 Å². The van der Waals surface area contributed by atoms with Crippen molar-refractivity contribution in [3.63, 3.8) is 0 Å². The molecule has 1 aliphatic heterocycles. The Hall–Kier alpha value is -1.91. The molecule has 0 bridgehead atoms. The van der Waals surface area contributed by atoms with Crippen molar-refractivity contribution in [3.8, 4) is 5.75 Å². The fourth-order valence-electron chi connectivity index (χ4n) is 3.87. The van der Waals surface area contributed by atoms with Crippen LogP contribution in [0, 0.1) is 18.7 Å². The first-order chi connectivity index (χ1) is 13.6. The highest BCUT2D eigenvalue weighted by Gasteiger charge is 2.28. The van der Waals surface area contributed by atoms with Gasteiger partial charge in [-0.25, -0.2) is 4.39 Å². The number of likely N-dealkylation sites (tertiary alicyclic amines) is 1.